The van der Waals surface area contributed by atoms with Crippen LogP contribution in [-0.4, -0.2) is 18.3 Å². The summed E-state index contributed by atoms with van der Waals surface area (Å²) in [5.74, 6) is 0. The molecule has 0 aromatic heterocycles. The Hall–Kier alpha value is -0.900. The molecule has 1 N–H and O–H groups in total. The average Bonchev–Trinajstić information content (AvgIpc) is 2.29. The van der Waals surface area contributed by atoms with Crippen molar-refractivity contribution in [2.24, 2.45) is 0 Å². The van der Waals surface area contributed by atoms with Crippen LogP contribution in [0.5, 0.6) is 0 Å². The predicted molar refractivity (Wildman–Crippen MR) is 63.1 cm³/mol. The van der Waals surface area contributed by atoms with Gasteiger partial charge in [-0.2, -0.15) is 0 Å². The number of rotatable bonds is 6. The summed E-state index contributed by atoms with van der Waals surface area (Å²) in [7, 11) is 0. The lowest BCUT2D eigenvalue weighted by molar-refractivity contribution is -0.140. The van der Waals surface area contributed by atoms with E-state index in [0.717, 1.165) is 11.1 Å². The third kappa shape index (κ3) is 3.59. The minimum atomic E-state index is -0.438. The summed E-state index contributed by atoms with van der Waals surface area (Å²) in [6.45, 7) is 6.86. The lowest BCUT2D eigenvalue weighted by Crippen LogP contribution is -2.08. The van der Waals surface area contributed by atoms with Crippen LogP contribution in [0.15, 0.2) is 24.3 Å². The van der Waals surface area contributed by atoms with E-state index in [2.05, 4.69) is 0 Å². The van der Waals surface area contributed by atoms with Crippen molar-refractivity contribution >= 4 is 0 Å². The first-order valence-corrected chi connectivity index (χ1v) is 5.70. The highest BCUT2D eigenvalue weighted by Gasteiger charge is 2.11. The van der Waals surface area contributed by atoms with E-state index in [9.17, 15) is 5.11 Å². The molecule has 0 heterocycles. The molecule has 0 aliphatic heterocycles. The van der Waals surface area contributed by atoms with Gasteiger partial charge in [0.2, 0.25) is 0 Å². The molecule has 3 nitrogen and oxygen atoms in total. The second kappa shape index (κ2) is 6.63. The lowest BCUT2D eigenvalue weighted by Gasteiger charge is -2.17. The Morgan fingerprint density at radius 3 is 1.81 bits per heavy atom. The van der Waals surface area contributed by atoms with Crippen molar-refractivity contribution in [1.82, 2.24) is 0 Å². The Bertz CT molecular complexity index is 287. The van der Waals surface area contributed by atoms with Crippen LogP contribution in [0.25, 0.3) is 0 Å². The van der Waals surface area contributed by atoms with E-state index < -0.39 is 6.10 Å². The standard InChI is InChI=1S/C13H20O3/c1-4-15-13(16-5-2)12-8-6-11(7-9-12)10(3)14/h6-10,13-14H,4-5H2,1-3H3/t10-/m1/s1. The zero-order valence-corrected chi connectivity index (χ0v) is 10.1. The van der Waals surface area contributed by atoms with Gasteiger partial charge < -0.3 is 14.6 Å². The minimum Gasteiger partial charge on any atom is -0.389 e. The van der Waals surface area contributed by atoms with E-state index in [1.54, 1.807) is 6.92 Å². The Kier molecular flexibility index (Phi) is 5.46. The van der Waals surface area contributed by atoms with E-state index in [4.69, 9.17) is 9.47 Å². The Balaban J connectivity index is 2.76. The van der Waals surface area contributed by atoms with Gasteiger partial charge in [0.1, 0.15) is 0 Å². The molecule has 0 fully saturated rings. The Morgan fingerprint density at radius 2 is 1.44 bits per heavy atom. The fourth-order valence-electron chi connectivity index (χ4n) is 1.47. The van der Waals surface area contributed by atoms with Crippen molar-refractivity contribution < 1.29 is 14.6 Å². The molecule has 1 aromatic rings. The number of aliphatic hydroxyl groups is 1. The van der Waals surface area contributed by atoms with E-state index in [1.807, 2.05) is 38.1 Å². The van der Waals surface area contributed by atoms with Gasteiger partial charge in [0.05, 0.1) is 6.10 Å². The third-order valence-electron chi connectivity index (χ3n) is 2.33. The van der Waals surface area contributed by atoms with Crippen LogP contribution < -0.4 is 0 Å². The second-order valence-corrected chi connectivity index (χ2v) is 3.59. The molecular weight excluding hydrogens is 204 g/mol. The van der Waals surface area contributed by atoms with Gasteiger partial charge >= 0.3 is 0 Å². The van der Waals surface area contributed by atoms with Gasteiger partial charge in [0.25, 0.3) is 0 Å². The molecule has 0 spiro atoms. The minimum absolute atomic E-state index is 0.307. The molecule has 0 bridgehead atoms. The number of ether oxygens (including phenoxy) is 2. The molecule has 1 atom stereocenters. The van der Waals surface area contributed by atoms with E-state index in [-0.39, 0.29) is 6.29 Å². The third-order valence-corrected chi connectivity index (χ3v) is 2.33. The molecule has 16 heavy (non-hydrogen) atoms. The highest BCUT2D eigenvalue weighted by Crippen LogP contribution is 2.21. The molecule has 0 unspecified atom stereocenters. The van der Waals surface area contributed by atoms with Crippen LogP contribution in [0, 0.1) is 0 Å². The molecule has 0 aliphatic rings. The largest absolute Gasteiger partial charge is 0.389 e. The summed E-state index contributed by atoms with van der Waals surface area (Å²) in [6.07, 6.45) is -0.746. The fraction of sp³-hybridized carbons (Fsp3) is 0.538. The average molecular weight is 224 g/mol. The zero-order chi connectivity index (χ0) is 12.0. The molecule has 0 aliphatic carbocycles. The molecule has 0 amide bonds. The molecule has 1 aromatic carbocycles. The molecule has 0 saturated heterocycles. The summed E-state index contributed by atoms with van der Waals surface area (Å²) >= 11 is 0. The van der Waals surface area contributed by atoms with Crippen LogP contribution in [0.4, 0.5) is 0 Å². The summed E-state index contributed by atoms with van der Waals surface area (Å²) in [5, 5.41) is 9.40. The van der Waals surface area contributed by atoms with Crippen LogP contribution in [0.3, 0.4) is 0 Å². The van der Waals surface area contributed by atoms with E-state index in [0.29, 0.717) is 13.2 Å². The van der Waals surface area contributed by atoms with Crippen molar-refractivity contribution in [1.29, 1.82) is 0 Å². The normalized spacial score (nSPS) is 13.1. The summed E-state index contributed by atoms with van der Waals surface area (Å²) < 4.78 is 11.0. The highest BCUT2D eigenvalue weighted by atomic mass is 16.7. The van der Waals surface area contributed by atoms with Crippen molar-refractivity contribution in [3.05, 3.63) is 35.4 Å². The maximum atomic E-state index is 9.40. The van der Waals surface area contributed by atoms with Crippen LogP contribution in [0.2, 0.25) is 0 Å². The smallest absolute Gasteiger partial charge is 0.183 e. The number of hydrogen-bond acceptors (Lipinski definition) is 3. The van der Waals surface area contributed by atoms with Crippen LogP contribution in [-0.2, 0) is 9.47 Å². The Labute approximate surface area is 97.0 Å². The fourth-order valence-corrected chi connectivity index (χ4v) is 1.47. The second-order valence-electron chi connectivity index (χ2n) is 3.59. The van der Waals surface area contributed by atoms with E-state index >= 15 is 0 Å². The first-order chi connectivity index (χ1) is 7.69. The summed E-state index contributed by atoms with van der Waals surface area (Å²) in [4.78, 5) is 0. The molecule has 0 radical (unpaired) electrons. The first kappa shape index (κ1) is 13.2. The first-order valence-electron chi connectivity index (χ1n) is 5.70. The monoisotopic (exact) mass is 224 g/mol. The SMILES string of the molecule is CCOC(OCC)c1ccc([C@@H](C)O)cc1. The van der Waals surface area contributed by atoms with Gasteiger partial charge in [0.15, 0.2) is 6.29 Å². The molecule has 1 rings (SSSR count). The maximum absolute atomic E-state index is 9.40. The number of aliphatic hydroxyl groups excluding tert-OH is 1. The van der Waals surface area contributed by atoms with Gasteiger partial charge in [-0.25, -0.2) is 0 Å². The molecule has 0 saturated carbocycles. The van der Waals surface area contributed by atoms with Gasteiger partial charge in [-0.3, -0.25) is 0 Å². The Morgan fingerprint density at radius 1 is 1.00 bits per heavy atom. The molecular formula is C13H20O3. The summed E-state index contributed by atoms with van der Waals surface area (Å²) in [5.41, 5.74) is 1.88. The van der Waals surface area contributed by atoms with Crippen LogP contribution >= 0.6 is 0 Å². The van der Waals surface area contributed by atoms with E-state index in [1.165, 1.54) is 0 Å². The highest BCUT2D eigenvalue weighted by molar-refractivity contribution is 5.24. The van der Waals surface area contributed by atoms with Crippen molar-refractivity contribution in [3.8, 4) is 0 Å². The predicted octanol–water partition coefficient (Wildman–Crippen LogP) is 2.81. The topological polar surface area (TPSA) is 38.7 Å². The van der Waals surface area contributed by atoms with Crippen molar-refractivity contribution in [2.75, 3.05) is 13.2 Å². The van der Waals surface area contributed by atoms with Crippen molar-refractivity contribution in [3.63, 3.8) is 0 Å². The number of benzene rings is 1. The maximum Gasteiger partial charge on any atom is 0.183 e. The molecule has 90 valence electrons. The lowest BCUT2D eigenvalue weighted by atomic mass is 10.1. The zero-order valence-electron chi connectivity index (χ0n) is 10.1. The quantitative estimate of drug-likeness (QED) is 0.755. The molecule has 3 heteroatoms. The van der Waals surface area contributed by atoms with Gasteiger partial charge in [-0.1, -0.05) is 24.3 Å². The number of hydrogen-bond donors (Lipinski definition) is 1. The van der Waals surface area contributed by atoms with Crippen molar-refractivity contribution in [2.45, 2.75) is 33.2 Å². The van der Waals surface area contributed by atoms with Crippen LogP contribution in [0.1, 0.15) is 44.3 Å². The van der Waals surface area contributed by atoms with Gasteiger partial charge in [-0.05, 0) is 26.3 Å². The summed E-state index contributed by atoms with van der Waals surface area (Å²) in [6, 6.07) is 7.64. The van der Waals surface area contributed by atoms with Gasteiger partial charge in [-0.15, -0.1) is 0 Å². The van der Waals surface area contributed by atoms with Gasteiger partial charge in [0, 0.05) is 18.8 Å².